The molecule has 0 fully saturated rings. The summed E-state index contributed by atoms with van der Waals surface area (Å²) in [5.41, 5.74) is 3.98. The lowest BCUT2D eigenvalue weighted by Gasteiger charge is -2.06. The van der Waals surface area contributed by atoms with Crippen molar-refractivity contribution in [2.45, 2.75) is 0 Å². The molecule has 0 aliphatic rings. The van der Waals surface area contributed by atoms with Gasteiger partial charge in [-0.3, -0.25) is 4.79 Å². The largest absolute Gasteiger partial charge is 0.491 e. The standard InChI is InChI=1S/C8H6F3NO2/c1-14-7-5(10)3(8(12)13)2-4(9)6(7)11/h2H,1H3,(H2,12,13). The maximum atomic E-state index is 13.1. The third kappa shape index (κ3) is 1.50. The molecule has 1 amide bonds. The van der Waals surface area contributed by atoms with Crippen molar-refractivity contribution in [2.75, 3.05) is 7.11 Å². The first-order chi connectivity index (χ1) is 6.49. The molecule has 6 heteroatoms. The molecule has 0 aliphatic carbocycles. The number of amides is 1. The highest BCUT2D eigenvalue weighted by Crippen LogP contribution is 2.26. The number of carbonyl (C=O) groups excluding carboxylic acids is 1. The minimum absolute atomic E-state index is 0.384. The van der Waals surface area contributed by atoms with Gasteiger partial charge in [-0.15, -0.1) is 0 Å². The van der Waals surface area contributed by atoms with Gasteiger partial charge in [0.15, 0.2) is 17.4 Å². The summed E-state index contributed by atoms with van der Waals surface area (Å²) in [6.45, 7) is 0. The van der Waals surface area contributed by atoms with E-state index in [1.54, 1.807) is 0 Å². The molecule has 0 saturated heterocycles. The zero-order valence-electron chi connectivity index (χ0n) is 7.11. The van der Waals surface area contributed by atoms with Gasteiger partial charge in [0.25, 0.3) is 5.91 Å². The average molecular weight is 205 g/mol. The Hall–Kier alpha value is -1.72. The predicted molar refractivity (Wildman–Crippen MR) is 41.4 cm³/mol. The Morgan fingerprint density at radius 1 is 1.36 bits per heavy atom. The zero-order chi connectivity index (χ0) is 10.9. The SMILES string of the molecule is COc1c(F)c(F)cc(C(N)=O)c1F. The molecule has 3 nitrogen and oxygen atoms in total. The van der Waals surface area contributed by atoms with Crippen molar-refractivity contribution in [3.63, 3.8) is 0 Å². The van der Waals surface area contributed by atoms with Gasteiger partial charge in [-0.25, -0.2) is 8.78 Å². The third-order valence-electron chi connectivity index (χ3n) is 1.59. The quantitative estimate of drug-likeness (QED) is 0.738. The normalized spacial score (nSPS) is 10.0. The second kappa shape index (κ2) is 3.57. The van der Waals surface area contributed by atoms with Crippen LogP contribution in [0.4, 0.5) is 13.2 Å². The molecule has 0 saturated carbocycles. The van der Waals surface area contributed by atoms with Crippen LogP contribution in [0, 0.1) is 17.5 Å². The maximum absolute atomic E-state index is 13.1. The zero-order valence-corrected chi connectivity index (χ0v) is 7.11. The molecule has 1 aromatic carbocycles. The van der Waals surface area contributed by atoms with E-state index in [4.69, 9.17) is 5.73 Å². The summed E-state index contributed by atoms with van der Waals surface area (Å²) in [5, 5.41) is 0. The summed E-state index contributed by atoms with van der Waals surface area (Å²) in [4.78, 5) is 10.6. The van der Waals surface area contributed by atoms with E-state index in [9.17, 15) is 18.0 Å². The first-order valence-corrected chi connectivity index (χ1v) is 3.50. The van der Waals surface area contributed by atoms with Crippen molar-refractivity contribution < 1.29 is 22.7 Å². The van der Waals surface area contributed by atoms with Crippen LogP contribution in [0.2, 0.25) is 0 Å². The van der Waals surface area contributed by atoms with E-state index in [0.29, 0.717) is 6.07 Å². The lowest BCUT2D eigenvalue weighted by Crippen LogP contribution is -2.15. The Balaban J connectivity index is 3.50. The van der Waals surface area contributed by atoms with Crippen molar-refractivity contribution in [1.29, 1.82) is 0 Å². The van der Waals surface area contributed by atoms with E-state index >= 15 is 0 Å². The third-order valence-corrected chi connectivity index (χ3v) is 1.59. The molecule has 76 valence electrons. The van der Waals surface area contributed by atoms with Gasteiger partial charge in [0, 0.05) is 0 Å². The molecule has 2 N–H and O–H groups in total. The lowest BCUT2D eigenvalue weighted by atomic mass is 10.1. The summed E-state index contributed by atoms with van der Waals surface area (Å²) in [7, 11) is 0.950. The Labute approximate surface area is 77.3 Å². The molecule has 0 heterocycles. The number of primary amides is 1. The maximum Gasteiger partial charge on any atom is 0.251 e. The van der Waals surface area contributed by atoms with Crippen LogP contribution in [0.15, 0.2) is 6.07 Å². The van der Waals surface area contributed by atoms with Gasteiger partial charge < -0.3 is 10.5 Å². The van der Waals surface area contributed by atoms with Gasteiger partial charge in [-0.2, -0.15) is 4.39 Å². The first-order valence-electron chi connectivity index (χ1n) is 3.50. The number of methoxy groups -OCH3 is 1. The van der Waals surface area contributed by atoms with Crippen molar-refractivity contribution >= 4 is 5.91 Å². The monoisotopic (exact) mass is 205 g/mol. The highest BCUT2D eigenvalue weighted by atomic mass is 19.2. The second-order valence-electron chi connectivity index (χ2n) is 2.43. The van der Waals surface area contributed by atoms with Gasteiger partial charge in [0.1, 0.15) is 0 Å². The fraction of sp³-hybridized carbons (Fsp3) is 0.125. The van der Waals surface area contributed by atoms with Crippen LogP contribution in [-0.2, 0) is 0 Å². The van der Waals surface area contributed by atoms with Gasteiger partial charge >= 0.3 is 0 Å². The van der Waals surface area contributed by atoms with Crippen LogP contribution in [-0.4, -0.2) is 13.0 Å². The van der Waals surface area contributed by atoms with Gasteiger partial charge in [-0.05, 0) is 6.07 Å². The van der Waals surface area contributed by atoms with Crippen LogP contribution >= 0.6 is 0 Å². The smallest absolute Gasteiger partial charge is 0.251 e. The summed E-state index contributed by atoms with van der Waals surface area (Å²) >= 11 is 0. The minimum Gasteiger partial charge on any atom is -0.491 e. The van der Waals surface area contributed by atoms with Crippen LogP contribution in [0.5, 0.6) is 5.75 Å². The number of nitrogens with two attached hydrogens (primary N) is 1. The molecule has 0 bridgehead atoms. The Bertz CT molecular complexity index is 393. The van der Waals surface area contributed by atoms with E-state index in [0.717, 1.165) is 7.11 Å². The predicted octanol–water partition coefficient (Wildman–Crippen LogP) is 1.21. The van der Waals surface area contributed by atoms with E-state index in [1.165, 1.54) is 0 Å². The number of hydrogen-bond acceptors (Lipinski definition) is 2. The van der Waals surface area contributed by atoms with E-state index in [2.05, 4.69) is 4.74 Å². The molecule has 1 aromatic rings. The number of benzene rings is 1. The highest BCUT2D eigenvalue weighted by molar-refractivity contribution is 5.93. The molecule has 0 aliphatic heterocycles. The molecule has 0 aromatic heterocycles. The average Bonchev–Trinajstić information content (AvgIpc) is 2.12. The van der Waals surface area contributed by atoms with Crippen molar-refractivity contribution in [3.05, 3.63) is 29.1 Å². The van der Waals surface area contributed by atoms with Gasteiger partial charge in [0.2, 0.25) is 5.82 Å². The fourth-order valence-corrected chi connectivity index (χ4v) is 0.939. The summed E-state index contributed by atoms with van der Waals surface area (Å²) in [6, 6.07) is 0.384. The van der Waals surface area contributed by atoms with Gasteiger partial charge in [-0.1, -0.05) is 0 Å². The first kappa shape index (κ1) is 10.4. The Kier molecular flexibility index (Phi) is 2.64. The van der Waals surface area contributed by atoms with E-state index in [1.807, 2.05) is 0 Å². The Morgan fingerprint density at radius 3 is 2.36 bits per heavy atom. The number of halogens is 3. The van der Waals surface area contributed by atoms with Crippen LogP contribution in [0.25, 0.3) is 0 Å². The number of hydrogen-bond donors (Lipinski definition) is 1. The van der Waals surface area contributed by atoms with E-state index < -0.39 is 34.7 Å². The van der Waals surface area contributed by atoms with Crippen molar-refractivity contribution in [1.82, 2.24) is 0 Å². The number of carbonyl (C=O) groups is 1. The summed E-state index contributed by atoms with van der Waals surface area (Å²) in [6.07, 6.45) is 0. The Morgan fingerprint density at radius 2 is 1.93 bits per heavy atom. The highest BCUT2D eigenvalue weighted by Gasteiger charge is 2.21. The van der Waals surface area contributed by atoms with E-state index in [-0.39, 0.29) is 0 Å². The van der Waals surface area contributed by atoms with Crippen molar-refractivity contribution in [2.24, 2.45) is 5.73 Å². The fourth-order valence-electron chi connectivity index (χ4n) is 0.939. The molecule has 0 spiro atoms. The van der Waals surface area contributed by atoms with Crippen LogP contribution in [0.1, 0.15) is 10.4 Å². The molecular weight excluding hydrogens is 199 g/mol. The second-order valence-corrected chi connectivity index (χ2v) is 2.43. The number of ether oxygens (including phenoxy) is 1. The lowest BCUT2D eigenvalue weighted by molar-refractivity contribution is 0.0995. The molecular formula is C8H6F3NO2. The molecule has 14 heavy (non-hydrogen) atoms. The number of rotatable bonds is 2. The van der Waals surface area contributed by atoms with Gasteiger partial charge in [0.05, 0.1) is 12.7 Å². The molecule has 0 unspecified atom stereocenters. The molecule has 0 atom stereocenters. The van der Waals surface area contributed by atoms with Crippen LogP contribution in [0.3, 0.4) is 0 Å². The molecule has 0 radical (unpaired) electrons. The topological polar surface area (TPSA) is 52.3 Å². The molecule has 1 rings (SSSR count). The summed E-state index contributed by atoms with van der Waals surface area (Å²) < 4.78 is 42.9. The van der Waals surface area contributed by atoms with Crippen molar-refractivity contribution in [3.8, 4) is 5.75 Å². The summed E-state index contributed by atoms with van der Waals surface area (Å²) in [5.74, 6) is -6.34. The minimum atomic E-state index is -1.49. The van der Waals surface area contributed by atoms with Crippen LogP contribution < -0.4 is 10.5 Å².